The second kappa shape index (κ2) is 9.54. The molecule has 0 unspecified atom stereocenters. The first-order valence-corrected chi connectivity index (χ1v) is 8.87. The van der Waals surface area contributed by atoms with Crippen LogP contribution < -0.4 is 19.5 Å². The van der Waals surface area contributed by atoms with E-state index in [9.17, 15) is 18.0 Å². The summed E-state index contributed by atoms with van der Waals surface area (Å²) in [6.07, 6.45) is -4.00. The smallest absolute Gasteiger partial charge is 0.490 e. The molecular formula is C19H19ClF3NO4. The number of hydrogen-bond acceptors (Lipinski definition) is 4. The van der Waals surface area contributed by atoms with Crippen LogP contribution in [0.4, 0.5) is 18.9 Å². The van der Waals surface area contributed by atoms with Gasteiger partial charge in [-0.25, -0.2) is 0 Å². The third kappa shape index (κ3) is 6.23. The number of benzene rings is 2. The molecule has 28 heavy (non-hydrogen) atoms. The zero-order chi connectivity index (χ0) is 20.7. The maximum atomic E-state index is 12.5. The van der Waals surface area contributed by atoms with Crippen LogP contribution in [0.2, 0.25) is 5.02 Å². The van der Waals surface area contributed by atoms with Crippen LogP contribution in [0.25, 0.3) is 0 Å². The van der Waals surface area contributed by atoms with Gasteiger partial charge in [0, 0.05) is 11.3 Å². The van der Waals surface area contributed by atoms with Crippen LogP contribution in [0.3, 0.4) is 0 Å². The summed E-state index contributed by atoms with van der Waals surface area (Å²) >= 11 is 6.23. The lowest BCUT2D eigenvalue weighted by atomic mass is 10.1. The van der Waals surface area contributed by atoms with Crippen molar-refractivity contribution in [2.45, 2.75) is 26.6 Å². The van der Waals surface area contributed by atoms with Crippen molar-refractivity contribution in [1.29, 1.82) is 0 Å². The Morgan fingerprint density at radius 1 is 1.11 bits per heavy atom. The summed E-state index contributed by atoms with van der Waals surface area (Å²) in [5.41, 5.74) is 0.507. The normalized spacial score (nSPS) is 11.1. The van der Waals surface area contributed by atoms with Crippen LogP contribution in [-0.4, -0.2) is 25.5 Å². The average molecular weight is 418 g/mol. The SMILES string of the molecule is CCCOc1c(Cl)cc(C(=O)Nc2ccc(OC(F)(F)F)cc2)cc1OCC. The number of rotatable bonds is 8. The van der Waals surface area contributed by atoms with E-state index in [-0.39, 0.29) is 16.3 Å². The molecular weight excluding hydrogens is 399 g/mol. The van der Waals surface area contributed by atoms with Crippen LogP contribution in [0.1, 0.15) is 30.6 Å². The standard InChI is InChI=1S/C19H19ClF3NO4/c1-3-9-27-17-15(20)10-12(11-16(17)26-4-2)18(25)24-13-5-7-14(8-6-13)28-19(21,22)23/h5-8,10-11H,3-4,9H2,1-2H3,(H,24,25). The van der Waals surface area contributed by atoms with Gasteiger partial charge in [-0.05, 0) is 49.7 Å². The van der Waals surface area contributed by atoms with E-state index in [0.29, 0.717) is 30.4 Å². The highest BCUT2D eigenvalue weighted by Gasteiger charge is 2.31. The molecule has 0 bridgehead atoms. The number of carbonyl (C=O) groups excluding carboxylic acids is 1. The molecule has 0 aliphatic rings. The summed E-state index contributed by atoms with van der Waals surface area (Å²) in [5.74, 6) is -0.197. The first kappa shape index (κ1) is 21.7. The first-order chi connectivity index (χ1) is 13.2. The summed E-state index contributed by atoms with van der Waals surface area (Å²) in [4.78, 5) is 12.5. The molecule has 0 atom stereocenters. The van der Waals surface area contributed by atoms with Gasteiger partial charge in [-0.1, -0.05) is 18.5 Å². The molecule has 2 aromatic rings. The van der Waals surface area contributed by atoms with Crippen molar-refractivity contribution in [3.05, 3.63) is 47.0 Å². The molecule has 1 N–H and O–H groups in total. The number of ether oxygens (including phenoxy) is 3. The van der Waals surface area contributed by atoms with Crippen LogP contribution in [0.5, 0.6) is 17.2 Å². The summed E-state index contributed by atoms with van der Waals surface area (Å²) in [5, 5.41) is 2.80. The van der Waals surface area contributed by atoms with E-state index in [1.165, 1.54) is 24.3 Å². The number of amides is 1. The van der Waals surface area contributed by atoms with E-state index in [1.54, 1.807) is 6.92 Å². The largest absolute Gasteiger partial charge is 0.573 e. The van der Waals surface area contributed by atoms with Crippen molar-refractivity contribution in [3.63, 3.8) is 0 Å². The fourth-order valence-electron chi connectivity index (χ4n) is 2.25. The molecule has 0 saturated heterocycles. The van der Waals surface area contributed by atoms with E-state index in [4.69, 9.17) is 21.1 Å². The summed E-state index contributed by atoms with van der Waals surface area (Å²) in [6.45, 7) is 4.53. The van der Waals surface area contributed by atoms with Gasteiger partial charge >= 0.3 is 6.36 Å². The minimum atomic E-state index is -4.78. The third-order valence-electron chi connectivity index (χ3n) is 3.37. The quantitative estimate of drug-likeness (QED) is 0.600. The second-order valence-corrected chi connectivity index (χ2v) is 6.00. The molecule has 0 heterocycles. The molecule has 5 nitrogen and oxygen atoms in total. The van der Waals surface area contributed by atoms with Crippen molar-refractivity contribution in [3.8, 4) is 17.2 Å². The molecule has 0 aliphatic carbocycles. The van der Waals surface area contributed by atoms with Gasteiger partial charge in [0.15, 0.2) is 11.5 Å². The maximum Gasteiger partial charge on any atom is 0.573 e. The minimum Gasteiger partial charge on any atom is -0.490 e. The van der Waals surface area contributed by atoms with Crippen LogP contribution >= 0.6 is 11.6 Å². The van der Waals surface area contributed by atoms with Gasteiger partial charge in [-0.3, -0.25) is 4.79 Å². The number of halogens is 4. The van der Waals surface area contributed by atoms with E-state index in [0.717, 1.165) is 18.6 Å². The van der Waals surface area contributed by atoms with Crippen LogP contribution in [0, 0.1) is 0 Å². The molecule has 0 saturated carbocycles. The number of anilines is 1. The topological polar surface area (TPSA) is 56.8 Å². The molecule has 0 radical (unpaired) electrons. The first-order valence-electron chi connectivity index (χ1n) is 8.49. The van der Waals surface area contributed by atoms with Crippen molar-refractivity contribution < 1.29 is 32.2 Å². The molecule has 0 spiro atoms. The molecule has 0 aromatic heterocycles. The lowest BCUT2D eigenvalue weighted by Crippen LogP contribution is -2.17. The Morgan fingerprint density at radius 3 is 2.36 bits per heavy atom. The fraction of sp³-hybridized carbons (Fsp3) is 0.316. The van der Waals surface area contributed by atoms with Gasteiger partial charge in [-0.2, -0.15) is 0 Å². The van der Waals surface area contributed by atoms with Gasteiger partial charge < -0.3 is 19.5 Å². The third-order valence-corrected chi connectivity index (χ3v) is 3.65. The highest BCUT2D eigenvalue weighted by atomic mass is 35.5. The zero-order valence-electron chi connectivity index (χ0n) is 15.2. The van der Waals surface area contributed by atoms with Crippen LogP contribution in [0.15, 0.2) is 36.4 Å². The number of nitrogens with one attached hydrogen (secondary N) is 1. The number of hydrogen-bond donors (Lipinski definition) is 1. The zero-order valence-corrected chi connectivity index (χ0v) is 16.0. The highest BCUT2D eigenvalue weighted by Crippen LogP contribution is 2.37. The lowest BCUT2D eigenvalue weighted by Gasteiger charge is -2.15. The Kier molecular flexibility index (Phi) is 7.39. The molecule has 1 amide bonds. The number of alkyl halides is 3. The predicted molar refractivity (Wildman–Crippen MR) is 99.5 cm³/mol. The summed E-state index contributed by atoms with van der Waals surface area (Å²) in [7, 11) is 0. The molecule has 0 aliphatic heterocycles. The Morgan fingerprint density at radius 2 is 1.79 bits per heavy atom. The van der Waals surface area contributed by atoms with E-state index in [2.05, 4.69) is 10.1 Å². The summed E-state index contributed by atoms with van der Waals surface area (Å²) in [6, 6.07) is 7.72. The molecule has 9 heteroatoms. The van der Waals surface area contributed by atoms with Gasteiger partial charge in [0.05, 0.1) is 18.2 Å². The molecule has 2 aromatic carbocycles. The molecule has 2 rings (SSSR count). The van der Waals surface area contributed by atoms with Crippen LogP contribution in [-0.2, 0) is 0 Å². The second-order valence-electron chi connectivity index (χ2n) is 5.59. The van der Waals surface area contributed by atoms with E-state index in [1.807, 2.05) is 6.92 Å². The molecule has 0 fully saturated rings. The van der Waals surface area contributed by atoms with Gasteiger partial charge in [0.2, 0.25) is 0 Å². The Bertz CT molecular complexity index is 810. The fourth-order valence-corrected chi connectivity index (χ4v) is 2.51. The monoisotopic (exact) mass is 417 g/mol. The van der Waals surface area contributed by atoms with Crippen molar-refractivity contribution in [2.24, 2.45) is 0 Å². The van der Waals surface area contributed by atoms with Gasteiger partial charge in [-0.15, -0.1) is 13.2 Å². The van der Waals surface area contributed by atoms with E-state index < -0.39 is 12.3 Å². The van der Waals surface area contributed by atoms with Gasteiger partial charge in [0.25, 0.3) is 5.91 Å². The highest BCUT2D eigenvalue weighted by molar-refractivity contribution is 6.32. The lowest BCUT2D eigenvalue weighted by molar-refractivity contribution is -0.274. The maximum absolute atomic E-state index is 12.5. The van der Waals surface area contributed by atoms with E-state index >= 15 is 0 Å². The molecule has 152 valence electrons. The van der Waals surface area contributed by atoms with Crippen molar-refractivity contribution >= 4 is 23.2 Å². The Labute approximate surface area is 165 Å². The summed E-state index contributed by atoms with van der Waals surface area (Å²) < 4.78 is 51.5. The number of carbonyl (C=O) groups is 1. The van der Waals surface area contributed by atoms with Crippen molar-refractivity contribution in [1.82, 2.24) is 0 Å². The van der Waals surface area contributed by atoms with Crippen molar-refractivity contribution in [2.75, 3.05) is 18.5 Å². The minimum absolute atomic E-state index is 0.216. The average Bonchev–Trinajstić information content (AvgIpc) is 2.61. The predicted octanol–water partition coefficient (Wildman–Crippen LogP) is 5.68. The Hall–Kier alpha value is -2.61. The van der Waals surface area contributed by atoms with Gasteiger partial charge in [0.1, 0.15) is 5.75 Å². The Balaban J connectivity index is 2.17.